The lowest BCUT2D eigenvalue weighted by atomic mass is 10.0. The van der Waals surface area contributed by atoms with Gasteiger partial charge in [0, 0.05) is 36.8 Å². The summed E-state index contributed by atoms with van der Waals surface area (Å²) in [4.78, 5) is 26.4. The van der Waals surface area contributed by atoms with Gasteiger partial charge in [0.15, 0.2) is 0 Å². The van der Waals surface area contributed by atoms with E-state index in [1.165, 1.54) is 0 Å². The van der Waals surface area contributed by atoms with Gasteiger partial charge in [-0.2, -0.15) is 0 Å². The summed E-state index contributed by atoms with van der Waals surface area (Å²) in [6, 6.07) is 7.51. The van der Waals surface area contributed by atoms with Crippen molar-refractivity contribution in [1.82, 2.24) is 15.5 Å². The average molecular weight is 382 g/mol. The zero-order valence-electron chi connectivity index (χ0n) is 14.2. The molecule has 2 unspecified atom stereocenters. The van der Waals surface area contributed by atoms with Crippen molar-refractivity contribution >= 4 is 35.2 Å². The molecule has 2 heterocycles. The predicted molar refractivity (Wildman–Crippen MR) is 102 cm³/mol. The highest BCUT2D eigenvalue weighted by atomic mass is 35.5. The Kier molecular flexibility index (Phi) is 6.62. The Morgan fingerprint density at radius 1 is 1.36 bits per heavy atom. The van der Waals surface area contributed by atoms with Crippen LogP contribution in [0, 0.1) is 5.92 Å². The Morgan fingerprint density at radius 3 is 2.96 bits per heavy atom. The fourth-order valence-electron chi connectivity index (χ4n) is 3.26. The van der Waals surface area contributed by atoms with Gasteiger partial charge in [0.1, 0.15) is 0 Å². The first-order chi connectivity index (χ1) is 12.1. The number of carbonyl (C=O) groups excluding carboxylic acids is 2. The molecule has 0 spiro atoms. The maximum atomic E-state index is 12.4. The summed E-state index contributed by atoms with van der Waals surface area (Å²) in [6.07, 6.45) is 1.87. The van der Waals surface area contributed by atoms with Crippen LogP contribution in [0.4, 0.5) is 0 Å². The predicted octanol–water partition coefficient (Wildman–Crippen LogP) is 1.90. The fraction of sp³-hybridized carbons (Fsp3) is 0.556. The highest BCUT2D eigenvalue weighted by Crippen LogP contribution is 2.20. The Morgan fingerprint density at radius 2 is 2.20 bits per heavy atom. The molecule has 1 aromatic carbocycles. The lowest BCUT2D eigenvalue weighted by molar-refractivity contribution is -0.131. The second-order valence-electron chi connectivity index (χ2n) is 6.60. The van der Waals surface area contributed by atoms with E-state index in [1.54, 1.807) is 11.8 Å². The maximum absolute atomic E-state index is 12.4. The van der Waals surface area contributed by atoms with Crippen molar-refractivity contribution in [2.75, 3.05) is 31.3 Å². The maximum Gasteiger partial charge on any atom is 0.240 e. The molecule has 3 rings (SSSR count). The molecule has 0 radical (unpaired) electrons. The van der Waals surface area contributed by atoms with Gasteiger partial charge in [-0.05, 0) is 30.4 Å². The molecule has 2 fully saturated rings. The van der Waals surface area contributed by atoms with E-state index in [4.69, 9.17) is 11.6 Å². The molecule has 0 bridgehead atoms. The van der Waals surface area contributed by atoms with Crippen LogP contribution in [-0.2, 0) is 16.0 Å². The Bertz CT molecular complexity index is 622. The molecule has 0 aromatic heterocycles. The van der Waals surface area contributed by atoms with Crippen LogP contribution in [0.5, 0.6) is 0 Å². The number of hydrogen-bond donors (Lipinski definition) is 2. The minimum atomic E-state index is -0.0938. The van der Waals surface area contributed by atoms with Gasteiger partial charge in [0.25, 0.3) is 0 Å². The van der Waals surface area contributed by atoms with E-state index >= 15 is 0 Å². The largest absolute Gasteiger partial charge is 0.356 e. The van der Waals surface area contributed by atoms with Gasteiger partial charge < -0.3 is 15.5 Å². The lowest BCUT2D eigenvalue weighted by Gasteiger charge is -2.19. The molecule has 1 aromatic rings. The molecule has 2 saturated heterocycles. The molecule has 0 aliphatic carbocycles. The van der Waals surface area contributed by atoms with Crippen molar-refractivity contribution in [3.8, 4) is 0 Å². The molecule has 5 nitrogen and oxygen atoms in total. The first-order valence-electron chi connectivity index (χ1n) is 8.73. The standard InChI is InChI=1S/C18H24ClN3O2S/c19-15-4-2-1-3-14(15)5-6-17(23)21-11-13-9-16(20-10-13)18(24)22-7-8-25-12-22/h1-4,13,16,20H,5-12H2,(H,21,23). The van der Waals surface area contributed by atoms with Crippen LogP contribution in [0.2, 0.25) is 5.02 Å². The van der Waals surface area contributed by atoms with Gasteiger partial charge in [0.2, 0.25) is 11.8 Å². The van der Waals surface area contributed by atoms with Crippen molar-refractivity contribution in [2.45, 2.75) is 25.3 Å². The van der Waals surface area contributed by atoms with Crippen LogP contribution in [0.25, 0.3) is 0 Å². The number of rotatable bonds is 6. The average Bonchev–Trinajstić information content (AvgIpc) is 3.30. The summed E-state index contributed by atoms with van der Waals surface area (Å²) < 4.78 is 0. The summed E-state index contributed by atoms with van der Waals surface area (Å²) in [5, 5.41) is 7.00. The number of hydrogen-bond acceptors (Lipinski definition) is 4. The Labute approximate surface area is 157 Å². The minimum absolute atomic E-state index is 0.0330. The first-order valence-corrected chi connectivity index (χ1v) is 10.3. The smallest absolute Gasteiger partial charge is 0.240 e. The molecule has 7 heteroatoms. The van der Waals surface area contributed by atoms with E-state index in [0.29, 0.717) is 30.3 Å². The molecule has 2 aliphatic heterocycles. The number of benzene rings is 1. The third-order valence-corrected chi connectivity index (χ3v) is 6.09. The van der Waals surface area contributed by atoms with Gasteiger partial charge in [-0.15, -0.1) is 11.8 Å². The molecule has 2 aliphatic rings. The summed E-state index contributed by atoms with van der Waals surface area (Å²) in [5.74, 6) is 2.39. The van der Waals surface area contributed by atoms with Crippen molar-refractivity contribution < 1.29 is 9.59 Å². The molecule has 2 atom stereocenters. The number of carbonyl (C=O) groups is 2. The molecule has 0 saturated carbocycles. The second kappa shape index (κ2) is 8.92. The first kappa shape index (κ1) is 18.5. The number of thioether (sulfide) groups is 1. The fourth-order valence-corrected chi connectivity index (χ4v) is 4.44. The van der Waals surface area contributed by atoms with Crippen molar-refractivity contribution in [2.24, 2.45) is 5.92 Å². The Balaban J connectivity index is 1.37. The van der Waals surface area contributed by atoms with Crippen molar-refractivity contribution in [3.05, 3.63) is 34.9 Å². The van der Waals surface area contributed by atoms with Gasteiger partial charge in [-0.25, -0.2) is 0 Å². The van der Waals surface area contributed by atoms with E-state index in [9.17, 15) is 9.59 Å². The number of amides is 2. The van der Waals surface area contributed by atoms with E-state index in [-0.39, 0.29) is 17.9 Å². The van der Waals surface area contributed by atoms with Crippen molar-refractivity contribution in [3.63, 3.8) is 0 Å². The zero-order chi connectivity index (χ0) is 17.6. The quantitative estimate of drug-likeness (QED) is 0.790. The summed E-state index contributed by atoms with van der Waals surface area (Å²) >= 11 is 7.91. The van der Waals surface area contributed by atoms with Crippen LogP contribution in [0.3, 0.4) is 0 Å². The van der Waals surface area contributed by atoms with Gasteiger partial charge in [0.05, 0.1) is 11.9 Å². The highest BCUT2D eigenvalue weighted by Gasteiger charge is 2.33. The monoisotopic (exact) mass is 381 g/mol. The topological polar surface area (TPSA) is 61.4 Å². The van der Waals surface area contributed by atoms with E-state index in [2.05, 4.69) is 10.6 Å². The van der Waals surface area contributed by atoms with Crippen LogP contribution in [-0.4, -0.2) is 54.0 Å². The summed E-state index contributed by atoms with van der Waals surface area (Å²) in [6.45, 7) is 2.25. The summed E-state index contributed by atoms with van der Waals surface area (Å²) in [5.41, 5.74) is 0.996. The molecular formula is C18H24ClN3O2S. The third-order valence-electron chi connectivity index (χ3n) is 4.75. The van der Waals surface area contributed by atoms with E-state index < -0.39 is 0 Å². The number of nitrogens with zero attached hydrogens (tertiary/aromatic N) is 1. The van der Waals surface area contributed by atoms with Gasteiger partial charge in [-0.1, -0.05) is 29.8 Å². The number of nitrogens with one attached hydrogen (secondary N) is 2. The zero-order valence-corrected chi connectivity index (χ0v) is 15.7. The highest BCUT2D eigenvalue weighted by molar-refractivity contribution is 7.99. The SMILES string of the molecule is O=C(CCc1ccccc1Cl)NCC1CNC(C(=O)N2CCSC2)C1. The molecule has 136 valence electrons. The number of aryl methyl sites for hydroxylation is 1. The van der Waals surface area contributed by atoms with E-state index in [0.717, 1.165) is 36.7 Å². The van der Waals surface area contributed by atoms with Crippen LogP contribution in [0.15, 0.2) is 24.3 Å². The molecule has 25 heavy (non-hydrogen) atoms. The normalized spacial score (nSPS) is 23.0. The summed E-state index contributed by atoms with van der Waals surface area (Å²) in [7, 11) is 0. The number of halogens is 1. The van der Waals surface area contributed by atoms with Crippen LogP contribution < -0.4 is 10.6 Å². The van der Waals surface area contributed by atoms with Crippen LogP contribution in [0.1, 0.15) is 18.4 Å². The van der Waals surface area contributed by atoms with Gasteiger partial charge in [-0.3, -0.25) is 9.59 Å². The minimum Gasteiger partial charge on any atom is -0.356 e. The Hall–Kier alpha value is -1.24. The molecular weight excluding hydrogens is 358 g/mol. The van der Waals surface area contributed by atoms with Crippen molar-refractivity contribution in [1.29, 1.82) is 0 Å². The molecule has 2 N–H and O–H groups in total. The molecule has 2 amide bonds. The lowest BCUT2D eigenvalue weighted by Crippen LogP contribution is -2.42. The third kappa shape index (κ3) is 5.12. The van der Waals surface area contributed by atoms with Crippen LogP contribution >= 0.6 is 23.4 Å². The second-order valence-corrected chi connectivity index (χ2v) is 8.08. The van der Waals surface area contributed by atoms with E-state index in [1.807, 2.05) is 29.2 Å². The van der Waals surface area contributed by atoms with Gasteiger partial charge >= 0.3 is 0 Å².